The molecule has 0 aliphatic carbocycles. The topological polar surface area (TPSA) is 80.9 Å². The maximum absolute atomic E-state index is 11.3. The Balaban J connectivity index is 2.91. The number of carbonyl (C=O) groups is 1. The number of aliphatic carboxylic acids is 1. The van der Waals surface area contributed by atoms with Crippen molar-refractivity contribution in [1.29, 1.82) is 0 Å². The fraction of sp³-hybridized carbons (Fsp3) is 0.833. The van der Waals surface area contributed by atoms with Crippen LogP contribution in [0.25, 0.3) is 0 Å². The average molecular weight is 254 g/mol. The fourth-order valence-electron chi connectivity index (χ4n) is 1.90. The van der Waals surface area contributed by atoms with Gasteiger partial charge in [0, 0.05) is 5.92 Å². The molecule has 0 fully saturated rings. The van der Waals surface area contributed by atoms with E-state index in [1.807, 2.05) is 6.92 Å². The zero-order chi connectivity index (χ0) is 13.8. The van der Waals surface area contributed by atoms with Gasteiger partial charge in [0.2, 0.25) is 0 Å². The van der Waals surface area contributed by atoms with Gasteiger partial charge in [0.15, 0.2) is 5.82 Å². The van der Waals surface area contributed by atoms with Gasteiger partial charge in [-0.15, -0.1) is 5.10 Å². The molecule has 0 radical (unpaired) electrons. The van der Waals surface area contributed by atoms with E-state index in [2.05, 4.69) is 29.4 Å². The summed E-state index contributed by atoms with van der Waals surface area (Å²) in [6.45, 7) is 8.09. The van der Waals surface area contributed by atoms with E-state index in [4.69, 9.17) is 0 Å². The number of hydrogen-bond acceptors (Lipinski definition) is 4. The van der Waals surface area contributed by atoms with Crippen molar-refractivity contribution in [3.8, 4) is 0 Å². The first-order valence-corrected chi connectivity index (χ1v) is 6.44. The molecule has 1 heterocycles. The van der Waals surface area contributed by atoms with Gasteiger partial charge < -0.3 is 5.11 Å². The van der Waals surface area contributed by atoms with Crippen LogP contribution in [0.3, 0.4) is 0 Å². The molecule has 0 bridgehead atoms. The molecular formula is C12H22N4O2. The van der Waals surface area contributed by atoms with Crippen LogP contribution in [0.5, 0.6) is 0 Å². The highest BCUT2D eigenvalue weighted by Gasteiger charge is 2.33. The van der Waals surface area contributed by atoms with Crippen molar-refractivity contribution < 1.29 is 9.90 Å². The molecule has 0 aromatic carbocycles. The molecule has 0 aliphatic rings. The summed E-state index contributed by atoms with van der Waals surface area (Å²) in [4.78, 5) is 11.3. The molecule has 1 aromatic rings. The molecule has 0 saturated heterocycles. The highest BCUT2D eigenvalue weighted by molar-refractivity contribution is 5.73. The van der Waals surface area contributed by atoms with Crippen LogP contribution in [-0.4, -0.2) is 31.3 Å². The minimum Gasteiger partial charge on any atom is -0.481 e. The minimum atomic E-state index is -0.823. The van der Waals surface area contributed by atoms with Crippen LogP contribution >= 0.6 is 0 Å². The molecule has 0 amide bonds. The van der Waals surface area contributed by atoms with Gasteiger partial charge in [0.05, 0.1) is 12.0 Å². The van der Waals surface area contributed by atoms with E-state index in [-0.39, 0.29) is 5.92 Å². The number of carboxylic acid groups (broad SMARTS) is 1. The third-order valence-electron chi connectivity index (χ3n) is 3.52. The van der Waals surface area contributed by atoms with Crippen molar-refractivity contribution in [1.82, 2.24) is 20.2 Å². The molecule has 0 aliphatic heterocycles. The summed E-state index contributed by atoms with van der Waals surface area (Å²) >= 11 is 0. The van der Waals surface area contributed by atoms with E-state index in [0.717, 1.165) is 18.7 Å². The molecule has 1 aromatic heterocycles. The normalized spacial score (nSPS) is 16.2. The predicted molar refractivity (Wildman–Crippen MR) is 67.2 cm³/mol. The van der Waals surface area contributed by atoms with Crippen molar-refractivity contribution >= 4 is 5.97 Å². The minimum absolute atomic E-state index is 0.250. The number of aromatic nitrogens is 4. The van der Waals surface area contributed by atoms with Crippen LogP contribution in [-0.2, 0) is 11.3 Å². The van der Waals surface area contributed by atoms with Crippen LogP contribution in [0.15, 0.2) is 0 Å². The summed E-state index contributed by atoms with van der Waals surface area (Å²) in [5, 5.41) is 20.9. The van der Waals surface area contributed by atoms with Crippen molar-refractivity contribution in [3.63, 3.8) is 0 Å². The Morgan fingerprint density at radius 3 is 2.67 bits per heavy atom. The third-order valence-corrected chi connectivity index (χ3v) is 3.52. The predicted octanol–water partition coefficient (Wildman–Crippen LogP) is 2.08. The molecule has 1 rings (SSSR count). The molecule has 6 heteroatoms. The first kappa shape index (κ1) is 14.6. The van der Waals surface area contributed by atoms with E-state index >= 15 is 0 Å². The Morgan fingerprint density at radius 1 is 1.50 bits per heavy atom. The van der Waals surface area contributed by atoms with Crippen LogP contribution in [0.2, 0.25) is 0 Å². The monoisotopic (exact) mass is 254 g/mol. The molecule has 0 spiro atoms. The first-order valence-electron chi connectivity index (χ1n) is 6.44. The number of nitrogens with zero attached hydrogens (tertiary/aromatic N) is 4. The number of rotatable bonds is 7. The number of tetrazole rings is 1. The quantitative estimate of drug-likeness (QED) is 0.805. The van der Waals surface area contributed by atoms with Crippen molar-refractivity contribution in [3.05, 3.63) is 5.82 Å². The molecular weight excluding hydrogens is 232 g/mol. The van der Waals surface area contributed by atoms with Gasteiger partial charge in [-0.2, -0.15) is 0 Å². The second kappa shape index (κ2) is 5.93. The van der Waals surface area contributed by atoms with Gasteiger partial charge in [-0.3, -0.25) is 4.79 Å². The summed E-state index contributed by atoms with van der Waals surface area (Å²) in [6, 6.07) is 0. The number of carboxylic acids is 1. The van der Waals surface area contributed by atoms with E-state index in [1.54, 1.807) is 11.6 Å². The lowest BCUT2D eigenvalue weighted by atomic mass is 9.87. The van der Waals surface area contributed by atoms with Gasteiger partial charge in [-0.25, -0.2) is 4.68 Å². The van der Waals surface area contributed by atoms with Crippen LogP contribution in [0.4, 0.5) is 0 Å². The Hall–Kier alpha value is -1.46. The average Bonchev–Trinajstić information content (AvgIpc) is 2.77. The van der Waals surface area contributed by atoms with E-state index < -0.39 is 11.4 Å². The van der Waals surface area contributed by atoms with Crippen LogP contribution in [0, 0.1) is 5.41 Å². The van der Waals surface area contributed by atoms with Gasteiger partial charge >= 0.3 is 5.97 Å². The largest absolute Gasteiger partial charge is 0.481 e. The maximum Gasteiger partial charge on any atom is 0.311 e. The maximum atomic E-state index is 11.3. The van der Waals surface area contributed by atoms with Gasteiger partial charge in [0.1, 0.15) is 0 Å². The van der Waals surface area contributed by atoms with E-state index in [0.29, 0.717) is 13.0 Å². The lowest BCUT2D eigenvalue weighted by Gasteiger charge is -2.23. The summed E-state index contributed by atoms with van der Waals surface area (Å²) in [5.74, 6) is 0.215. The van der Waals surface area contributed by atoms with E-state index in [9.17, 15) is 9.90 Å². The van der Waals surface area contributed by atoms with Gasteiger partial charge in [-0.05, 0) is 30.2 Å². The molecule has 1 N–H and O–H groups in total. The van der Waals surface area contributed by atoms with Crippen molar-refractivity contribution in [2.75, 3.05) is 0 Å². The van der Waals surface area contributed by atoms with Gasteiger partial charge in [0.25, 0.3) is 0 Å². The highest BCUT2D eigenvalue weighted by atomic mass is 16.4. The lowest BCUT2D eigenvalue weighted by Crippen LogP contribution is -2.33. The summed E-state index contributed by atoms with van der Waals surface area (Å²) < 4.78 is 1.64. The molecule has 2 unspecified atom stereocenters. The summed E-state index contributed by atoms with van der Waals surface area (Å²) in [7, 11) is 0. The smallest absolute Gasteiger partial charge is 0.311 e. The standard InChI is InChI=1S/C12H22N4O2/c1-5-7-9(3)10-13-14-15-16(10)8-12(4,6-2)11(17)18/h9H,5-8H2,1-4H3,(H,17,18). The first-order chi connectivity index (χ1) is 8.44. The Bertz CT molecular complexity index is 405. The lowest BCUT2D eigenvalue weighted by molar-refractivity contribution is -0.149. The zero-order valence-corrected chi connectivity index (χ0v) is 11.6. The van der Waals surface area contributed by atoms with Crippen molar-refractivity contribution in [2.45, 2.75) is 59.4 Å². The van der Waals surface area contributed by atoms with Crippen molar-refractivity contribution in [2.24, 2.45) is 5.41 Å². The molecule has 2 atom stereocenters. The number of hydrogen-bond donors (Lipinski definition) is 1. The van der Waals surface area contributed by atoms with E-state index in [1.165, 1.54) is 0 Å². The fourth-order valence-corrected chi connectivity index (χ4v) is 1.90. The second-order valence-corrected chi connectivity index (χ2v) is 5.10. The molecule has 18 heavy (non-hydrogen) atoms. The molecule has 0 saturated carbocycles. The Kier molecular flexibility index (Phi) is 4.81. The zero-order valence-electron chi connectivity index (χ0n) is 11.6. The Labute approximate surface area is 107 Å². The van der Waals surface area contributed by atoms with Crippen LogP contribution in [0.1, 0.15) is 58.7 Å². The second-order valence-electron chi connectivity index (χ2n) is 5.10. The van der Waals surface area contributed by atoms with Crippen LogP contribution < -0.4 is 0 Å². The molecule has 102 valence electrons. The SMILES string of the molecule is CCCC(C)c1nnnn1CC(C)(CC)C(=O)O. The van der Waals surface area contributed by atoms with Gasteiger partial charge in [-0.1, -0.05) is 27.2 Å². The Morgan fingerprint density at radius 2 is 2.17 bits per heavy atom. The highest BCUT2D eigenvalue weighted by Crippen LogP contribution is 2.26. The third kappa shape index (κ3) is 3.05. The summed E-state index contributed by atoms with van der Waals surface area (Å²) in [5.41, 5.74) is -0.823. The summed E-state index contributed by atoms with van der Waals surface area (Å²) in [6.07, 6.45) is 2.60. The molecule has 6 nitrogen and oxygen atoms in total.